The van der Waals surface area contributed by atoms with Crippen LogP contribution in [0.1, 0.15) is 49.3 Å². The van der Waals surface area contributed by atoms with Gasteiger partial charge in [-0.3, -0.25) is 4.79 Å². The minimum absolute atomic E-state index is 0. The number of nitrogens with zero attached hydrogens (tertiary/aromatic N) is 2. The van der Waals surface area contributed by atoms with Gasteiger partial charge in [-0.25, -0.2) is 0 Å². The Morgan fingerprint density at radius 2 is 1.59 bits per heavy atom. The number of anilines is 1. The number of aryl methyl sites for hydroxylation is 3. The molecule has 2 heterocycles. The number of hydrogen-bond donors (Lipinski definition) is 0. The van der Waals surface area contributed by atoms with Crippen LogP contribution in [-0.4, -0.2) is 49.7 Å². The molecule has 0 saturated carbocycles. The summed E-state index contributed by atoms with van der Waals surface area (Å²) >= 11 is 0. The molecular weight excluding hydrogens is 473 g/mol. The Morgan fingerprint density at radius 1 is 1.00 bits per heavy atom. The third kappa shape index (κ3) is 6.01. The van der Waals surface area contributed by atoms with Gasteiger partial charge in [-0.15, -0.1) is 0 Å². The number of benzene rings is 2. The molecule has 0 aromatic heterocycles. The smallest absolute Gasteiger partial charge is 0.285 e. The second-order valence-electron chi connectivity index (χ2n) is 9.10. The predicted octanol–water partition coefficient (Wildman–Crippen LogP) is 5.43. The molecule has 1 atom stereocenters. The Bertz CT molecular complexity index is 855. The summed E-state index contributed by atoms with van der Waals surface area (Å²) in [6.45, 7) is 12.8. The average Bonchev–Trinajstić information content (AvgIpc) is 3.16. The zero-order valence-corrected chi connectivity index (χ0v) is 23.4. The number of hydrogen-bond acceptors (Lipinski definition) is 2. The zero-order chi connectivity index (χ0) is 22.4. The fourth-order valence-electron chi connectivity index (χ4n) is 5.38. The van der Waals surface area contributed by atoms with Crippen LogP contribution in [0.5, 0.6) is 5.75 Å². The molecule has 1 amide bonds. The second-order valence-corrected chi connectivity index (χ2v) is 9.10. The number of rotatable bonds is 4. The summed E-state index contributed by atoms with van der Waals surface area (Å²) in [7, 11) is 1.69. The Kier molecular flexibility index (Phi) is 10.4. The van der Waals surface area contributed by atoms with E-state index in [1.165, 1.54) is 37.9 Å². The van der Waals surface area contributed by atoms with Gasteiger partial charge in [-0.1, -0.05) is 35.9 Å². The fraction of sp³-hybridized carbons (Fsp3) is 0.519. The molecule has 0 bridgehead atoms. The summed E-state index contributed by atoms with van der Waals surface area (Å²) < 4.78 is 6.37. The van der Waals surface area contributed by atoms with E-state index in [0.29, 0.717) is 5.91 Å². The van der Waals surface area contributed by atoms with Gasteiger partial charge in [0.2, 0.25) is 0 Å². The number of carbonyl (C=O) groups is 1. The molecule has 0 spiro atoms. The fourth-order valence-corrected chi connectivity index (χ4v) is 5.38. The van der Waals surface area contributed by atoms with E-state index >= 15 is 0 Å². The third-order valence-corrected chi connectivity index (χ3v) is 7.09. The predicted molar refractivity (Wildman–Crippen MR) is 129 cm³/mol. The molecule has 0 N–H and O–H groups in total. The molecule has 1 unspecified atom stereocenters. The van der Waals surface area contributed by atoms with Crippen LogP contribution >= 0.6 is 0 Å². The summed E-state index contributed by atoms with van der Waals surface area (Å²) in [6.07, 6.45) is 4.83. The summed E-state index contributed by atoms with van der Waals surface area (Å²) in [5.41, 5.74) is 4.67. The van der Waals surface area contributed by atoms with Crippen molar-refractivity contribution in [3.8, 4) is 5.75 Å². The number of piperidine rings is 1. The number of ether oxygens (including phenoxy) is 1. The van der Waals surface area contributed by atoms with Crippen LogP contribution in [-0.2, 0) is 37.5 Å². The molecule has 2 saturated heterocycles. The number of carbonyl (C=O) groups excluding carboxylic acids is 1. The van der Waals surface area contributed by atoms with Crippen LogP contribution in [0.2, 0.25) is 0 Å². The van der Waals surface area contributed by atoms with Crippen molar-refractivity contribution < 1.29 is 46.7 Å². The Morgan fingerprint density at radius 3 is 2.06 bits per heavy atom. The molecule has 2 aliphatic rings. The van der Waals surface area contributed by atoms with E-state index in [0.717, 1.165) is 46.6 Å². The molecule has 2 aliphatic heterocycles. The van der Waals surface area contributed by atoms with Gasteiger partial charge in [0.05, 0.1) is 26.7 Å². The van der Waals surface area contributed by atoms with E-state index in [4.69, 9.17) is 4.74 Å². The molecule has 171 valence electrons. The van der Waals surface area contributed by atoms with E-state index in [-0.39, 0.29) is 38.8 Å². The SMILES string of the molecule is CC[N+]1(C2CCN(c3c(C)cc(OC)cc3C)C2=O)CCCCC1.Cc1ccccc1.[Y]. The molecule has 0 aliphatic carbocycles. The largest absolute Gasteiger partial charge is 0.497 e. The van der Waals surface area contributed by atoms with Gasteiger partial charge in [0, 0.05) is 51.4 Å². The molecule has 5 heteroatoms. The van der Waals surface area contributed by atoms with Gasteiger partial charge in [-0.05, 0) is 70.2 Å². The van der Waals surface area contributed by atoms with Gasteiger partial charge < -0.3 is 14.1 Å². The summed E-state index contributed by atoms with van der Waals surface area (Å²) in [6, 6.07) is 14.5. The van der Waals surface area contributed by atoms with Crippen LogP contribution in [0.4, 0.5) is 5.69 Å². The van der Waals surface area contributed by atoms with E-state index in [1.807, 2.05) is 35.2 Å². The second kappa shape index (κ2) is 12.3. The molecule has 32 heavy (non-hydrogen) atoms. The Hall–Kier alpha value is -1.23. The molecule has 4 rings (SSSR count). The first-order chi connectivity index (χ1) is 14.9. The zero-order valence-electron chi connectivity index (χ0n) is 20.6. The van der Waals surface area contributed by atoms with Crippen molar-refractivity contribution in [1.29, 1.82) is 0 Å². The number of quaternary nitrogens is 1. The topological polar surface area (TPSA) is 29.5 Å². The first-order valence-electron chi connectivity index (χ1n) is 11.8. The Balaban J connectivity index is 0.000000388. The van der Waals surface area contributed by atoms with Crippen molar-refractivity contribution in [1.82, 2.24) is 0 Å². The average molecular weight is 513 g/mol. The van der Waals surface area contributed by atoms with Crippen molar-refractivity contribution in [3.63, 3.8) is 0 Å². The van der Waals surface area contributed by atoms with Crippen LogP contribution in [0.3, 0.4) is 0 Å². The molecule has 2 aromatic carbocycles. The van der Waals surface area contributed by atoms with Gasteiger partial charge in [0.15, 0.2) is 6.04 Å². The first kappa shape index (κ1) is 27.0. The standard InChI is InChI=1S/C20H31N2O2.C7H8.Y/c1-5-22(11-7-6-8-12-22)18-9-10-21(20(18)23)19-15(2)13-17(24-4)14-16(19)3;1-7-5-3-2-4-6-7;/h13-14,18H,5-12H2,1-4H3;2-6H,1H3;/q+1;;. The van der Waals surface area contributed by atoms with Gasteiger partial charge in [0.1, 0.15) is 5.75 Å². The maximum Gasteiger partial charge on any atom is 0.285 e. The van der Waals surface area contributed by atoms with Crippen LogP contribution < -0.4 is 9.64 Å². The molecule has 4 nitrogen and oxygen atoms in total. The summed E-state index contributed by atoms with van der Waals surface area (Å²) in [4.78, 5) is 15.3. The van der Waals surface area contributed by atoms with E-state index < -0.39 is 0 Å². The van der Waals surface area contributed by atoms with Crippen LogP contribution in [0, 0.1) is 20.8 Å². The maximum absolute atomic E-state index is 13.3. The van der Waals surface area contributed by atoms with Gasteiger partial charge in [-0.2, -0.15) is 0 Å². The van der Waals surface area contributed by atoms with E-state index in [2.05, 4.69) is 39.8 Å². The van der Waals surface area contributed by atoms with Crippen LogP contribution in [0.15, 0.2) is 42.5 Å². The monoisotopic (exact) mass is 512 g/mol. The Labute approximate surface area is 219 Å². The summed E-state index contributed by atoms with van der Waals surface area (Å²) in [5.74, 6) is 1.19. The van der Waals surface area contributed by atoms with E-state index in [1.54, 1.807) is 7.11 Å². The van der Waals surface area contributed by atoms with E-state index in [9.17, 15) is 4.79 Å². The molecule has 2 fully saturated rings. The minimum atomic E-state index is 0. The molecule has 1 radical (unpaired) electrons. The van der Waals surface area contributed by atoms with Crippen molar-refractivity contribution in [2.45, 2.75) is 59.4 Å². The van der Waals surface area contributed by atoms with Crippen molar-refractivity contribution in [3.05, 3.63) is 59.2 Å². The summed E-state index contributed by atoms with van der Waals surface area (Å²) in [5, 5.41) is 0. The van der Waals surface area contributed by atoms with Crippen LogP contribution in [0.25, 0.3) is 0 Å². The first-order valence-corrected chi connectivity index (χ1v) is 11.8. The van der Waals surface area contributed by atoms with Gasteiger partial charge in [0.25, 0.3) is 5.91 Å². The van der Waals surface area contributed by atoms with Crippen molar-refractivity contribution >= 4 is 11.6 Å². The molecular formula is C27H39N2O2Y+. The minimum Gasteiger partial charge on any atom is -0.497 e. The quantitative estimate of drug-likeness (QED) is 0.512. The number of likely N-dealkylation sites (N-methyl/N-ethyl adjacent to an activating group) is 1. The normalized spacial score (nSPS) is 19.6. The maximum atomic E-state index is 13.3. The van der Waals surface area contributed by atoms with Crippen molar-refractivity contribution in [2.75, 3.05) is 38.2 Å². The third-order valence-electron chi connectivity index (χ3n) is 7.09. The molecule has 2 aromatic rings. The van der Waals surface area contributed by atoms with Crippen molar-refractivity contribution in [2.24, 2.45) is 0 Å². The number of amides is 1. The van der Waals surface area contributed by atoms with Gasteiger partial charge >= 0.3 is 0 Å². The number of methoxy groups -OCH3 is 1. The number of likely N-dealkylation sites (tertiary alicyclic amines) is 1.